The minimum atomic E-state index is -0.703. The Morgan fingerprint density at radius 2 is 2.24 bits per heavy atom. The highest BCUT2D eigenvalue weighted by atomic mass is 16.3. The largest absolute Gasteiger partial charge is 0.388 e. The Balaban J connectivity index is 1.95. The molecule has 94 valence electrons. The first kappa shape index (κ1) is 12.1. The fraction of sp³-hybridized carbons (Fsp3) is 0.667. The topological polar surface area (TPSA) is 67.2 Å². The van der Waals surface area contributed by atoms with Gasteiger partial charge in [0.1, 0.15) is 0 Å². The molecule has 0 aliphatic heterocycles. The third-order valence-corrected chi connectivity index (χ3v) is 3.37. The van der Waals surface area contributed by atoms with Crippen molar-refractivity contribution in [3.63, 3.8) is 0 Å². The molecule has 0 radical (unpaired) electrons. The van der Waals surface area contributed by atoms with Crippen LogP contribution in [0.2, 0.25) is 0 Å². The number of hydrogen-bond acceptors (Lipinski definition) is 3. The lowest BCUT2D eigenvalue weighted by Crippen LogP contribution is -2.40. The second-order valence-electron chi connectivity index (χ2n) is 4.92. The number of nitrogens with one attached hydrogen (secondary N) is 1. The molecule has 0 spiro atoms. The predicted octanol–water partition coefficient (Wildman–Crippen LogP) is 0.763. The maximum atomic E-state index is 11.9. The number of aromatic nitrogens is 2. The Bertz CT molecular complexity index is 419. The Hall–Kier alpha value is -1.36. The molecule has 1 heterocycles. The fourth-order valence-corrected chi connectivity index (χ4v) is 2.37. The van der Waals surface area contributed by atoms with Crippen molar-refractivity contribution in [1.29, 1.82) is 0 Å². The Kier molecular flexibility index (Phi) is 3.19. The molecule has 0 atom stereocenters. The lowest BCUT2D eigenvalue weighted by Gasteiger charge is -2.22. The van der Waals surface area contributed by atoms with Gasteiger partial charge in [0, 0.05) is 19.8 Å². The Labute approximate surface area is 101 Å². The van der Waals surface area contributed by atoms with Gasteiger partial charge in [-0.1, -0.05) is 12.8 Å². The average Bonchev–Trinajstić information content (AvgIpc) is 2.83. The molecule has 2 N–H and O–H groups in total. The maximum Gasteiger partial charge on any atom is 0.254 e. The van der Waals surface area contributed by atoms with Gasteiger partial charge in [-0.2, -0.15) is 5.10 Å². The minimum absolute atomic E-state index is 0.157. The summed E-state index contributed by atoms with van der Waals surface area (Å²) >= 11 is 0. The number of aliphatic hydroxyl groups is 1. The van der Waals surface area contributed by atoms with E-state index in [1.165, 1.54) is 0 Å². The van der Waals surface area contributed by atoms with E-state index >= 15 is 0 Å². The highest BCUT2D eigenvalue weighted by Gasteiger charge is 2.31. The van der Waals surface area contributed by atoms with Crippen molar-refractivity contribution in [1.82, 2.24) is 15.1 Å². The summed E-state index contributed by atoms with van der Waals surface area (Å²) in [5.74, 6) is -0.157. The third-order valence-electron chi connectivity index (χ3n) is 3.37. The van der Waals surface area contributed by atoms with Crippen LogP contribution in [0, 0.1) is 6.92 Å². The smallest absolute Gasteiger partial charge is 0.254 e. The number of carbonyl (C=O) groups is 1. The summed E-state index contributed by atoms with van der Waals surface area (Å²) in [6, 6.07) is 0. The maximum absolute atomic E-state index is 11.9. The van der Waals surface area contributed by atoms with Crippen molar-refractivity contribution in [2.75, 3.05) is 6.54 Å². The number of rotatable bonds is 3. The zero-order valence-corrected chi connectivity index (χ0v) is 10.4. The van der Waals surface area contributed by atoms with E-state index < -0.39 is 5.60 Å². The predicted molar refractivity (Wildman–Crippen MR) is 63.7 cm³/mol. The first-order chi connectivity index (χ1) is 8.00. The molecule has 17 heavy (non-hydrogen) atoms. The van der Waals surface area contributed by atoms with E-state index in [0.717, 1.165) is 25.7 Å². The van der Waals surface area contributed by atoms with Gasteiger partial charge in [0.2, 0.25) is 0 Å². The number of hydrogen-bond donors (Lipinski definition) is 2. The second-order valence-corrected chi connectivity index (χ2v) is 4.92. The fourth-order valence-electron chi connectivity index (χ4n) is 2.37. The summed E-state index contributed by atoms with van der Waals surface area (Å²) in [5.41, 5.74) is 0.587. The van der Waals surface area contributed by atoms with E-state index in [1.807, 2.05) is 0 Å². The monoisotopic (exact) mass is 237 g/mol. The Morgan fingerprint density at radius 1 is 1.59 bits per heavy atom. The van der Waals surface area contributed by atoms with Gasteiger partial charge in [-0.15, -0.1) is 0 Å². The van der Waals surface area contributed by atoms with Crippen molar-refractivity contribution >= 4 is 5.91 Å². The van der Waals surface area contributed by atoms with Crippen LogP contribution >= 0.6 is 0 Å². The molecule has 1 fully saturated rings. The van der Waals surface area contributed by atoms with Gasteiger partial charge < -0.3 is 10.4 Å². The zero-order chi connectivity index (χ0) is 12.5. The molecule has 5 heteroatoms. The standard InChI is InChI=1S/C12H19N3O2/c1-9-10(7-15(2)14-9)11(16)13-8-12(17)5-3-4-6-12/h7,17H,3-6,8H2,1-2H3,(H,13,16). The molecule has 1 amide bonds. The molecule has 1 aromatic heterocycles. The van der Waals surface area contributed by atoms with E-state index in [-0.39, 0.29) is 5.91 Å². The normalized spacial score (nSPS) is 18.3. The van der Waals surface area contributed by atoms with Gasteiger partial charge in [0.05, 0.1) is 16.9 Å². The number of aryl methyl sites for hydroxylation is 2. The highest BCUT2D eigenvalue weighted by Crippen LogP contribution is 2.28. The van der Waals surface area contributed by atoms with E-state index in [4.69, 9.17) is 0 Å². The van der Waals surface area contributed by atoms with E-state index in [2.05, 4.69) is 10.4 Å². The van der Waals surface area contributed by atoms with E-state index in [9.17, 15) is 9.90 Å². The van der Waals surface area contributed by atoms with Crippen LogP contribution in [0.25, 0.3) is 0 Å². The molecular formula is C12H19N3O2. The van der Waals surface area contributed by atoms with Crippen molar-refractivity contribution < 1.29 is 9.90 Å². The van der Waals surface area contributed by atoms with Crippen LogP contribution < -0.4 is 5.32 Å². The first-order valence-electron chi connectivity index (χ1n) is 6.01. The van der Waals surface area contributed by atoms with Gasteiger partial charge in [-0.3, -0.25) is 9.48 Å². The Morgan fingerprint density at radius 3 is 2.76 bits per heavy atom. The molecule has 1 aliphatic rings. The summed E-state index contributed by atoms with van der Waals surface area (Å²) in [7, 11) is 1.79. The van der Waals surface area contributed by atoms with E-state index in [1.54, 1.807) is 24.9 Å². The van der Waals surface area contributed by atoms with Gasteiger partial charge in [-0.25, -0.2) is 0 Å². The van der Waals surface area contributed by atoms with Crippen molar-refractivity contribution in [3.8, 4) is 0 Å². The van der Waals surface area contributed by atoms with Crippen LogP contribution in [0.1, 0.15) is 41.7 Å². The van der Waals surface area contributed by atoms with E-state index in [0.29, 0.717) is 17.8 Å². The molecule has 0 aromatic carbocycles. The van der Waals surface area contributed by atoms with Gasteiger partial charge in [0.25, 0.3) is 5.91 Å². The summed E-state index contributed by atoms with van der Waals surface area (Å²) < 4.78 is 1.62. The first-order valence-corrected chi connectivity index (χ1v) is 6.01. The SMILES string of the molecule is Cc1nn(C)cc1C(=O)NCC1(O)CCCC1. The lowest BCUT2D eigenvalue weighted by molar-refractivity contribution is 0.0449. The van der Waals surface area contributed by atoms with Crippen LogP contribution in [0.15, 0.2) is 6.20 Å². The average molecular weight is 237 g/mol. The van der Waals surface area contributed by atoms with Crippen molar-refractivity contribution in [2.45, 2.75) is 38.2 Å². The third kappa shape index (κ3) is 2.66. The minimum Gasteiger partial charge on any atom is -0.388 e. The summed E-state index contributed by atoms with van der Waals surface area (Å²) in [4.78, 5) is 11.9. The highest BCUT2D eigenvalue weighted by molar-refractivity contribution is 5.95. The van der Waals surface area contributed by atoms with Crippen LogP contribution in [0.5, 0.6) is 0 Å². The molecule has 1 saturated carbocycles. The van der Waals surface area contributed by atoms with Crippen molar-refractivity contribution in [3.05, 3.63) is 17.5 Å². The van der Waals surface area contributed by atoms with Crippen LogP contribution in [-0.2, 0) is 7.05 Å². The van der Waals surface area contributed by atoms with Gasteiger partial charge in [-0.05, 0) is 19.8 Å². The molecule has 0 bridgehead atoms. The van der Waals surface area contributed by atoms with Crippen molar-refractivity contribution in [2.24, 2.45) is 7.05 Å². The molecule has 5 nitrogen and oxygen atoms in total. The van der Waals surface area contributed by atoms with Gasteiger partial charge >= 0.3 is 0 Å². The molecule has 1 aromatic rings. The summed E-state index contributed by atoms with van der Waals surface area (Å²) in [5, 5.41) is 17.0. The number of carbonyl (C=O) groups excluding carboxylic acids is 1. The zero-order valence-electron chi connectivity index (χ0n) is 10.4. The lowest BCUT2D eigenvalue weighted by atomic mass is 10.0. The summed E-state index contributed by atoms with van der Waals surface area (Å²) in [6.45, 7) is 2.14. The van der Waals surface area contributed by atoms with Crippen LogP contribution in [0.3, 0.4) is 0 Å². The van der Waals surface area contributed by atoms with Crippen LogP contribution in [0.4, 0.5) is 0 Å². The number of amides is 1. The second kappa shape index (κ2) is 4.49. The molecule has 2 rings (SSSR count). The molecule has 0 unspecified atom stereocenters. The molecular weight excluding hydrogens is 218 g/mol. The molecule has 0 saturated heterocycles. The van der Waals surface area contributed by atoms with Gasteiger partial charge in [0.15, 0.2) is 0 Å². The quantitative estimate of drug-likeness (QED) is 0.815. The molecule has 1 aliphatic carbocycles. The summed E-state index contributed by atoms with van der Waals surface area (Å²) in [6.07, 6.45) is 5.33. The number of nitrogens with zero attached hydrogens (tertiary/aromatic N) is 2. The van der Waals surface area contributed by atoms with Crippen LogP contribution in [-0.4, -0.2) is 32.9 Å².